The van der Waals surface area contributed by atoms with Crippen LogP contribution in [0.4, 0.5) is 0 Å². The summed E-state index contributed by atoms with van der Waals surface area (Å²) in [4.78, 5) is 22.0. The van der Waals surface area contributed by atoms with Gasteiger partial charge in [-0.05, 0) is 12.8 Å². The van der Waals surface area contributed by atoms with E-state index in [0.29, 0.717) is 19.3 Å². The number of hydrogen-bond acceptors (Lipinski definition) is 3. The minimum Gasteiger partial charge on any atom is -0.480 e. The quantitative estimate of drug-likeness (QED) is 0.643. The van der Waals surface area contributed by atoms with Crippen molar-refractivity contribution in [1.29, 1.82) is 0 Å². The third-order valence-electron chi connectivity index (χ3n) is 3.28. The fraction of sp³-hybridized carbons (Fsp3) is 0.778. The largest absolute Gasteiger partial charge is 0.480 e. The first-order valence-corrected chi connectivity index (χ1v) is 4.62. The Kier molecular flexibility index (Phi) is 1.99. The maximum Gasteiger partial charge on any atom is 0.326 e. The molecule has 1 aliphatic carbocycles. The molecule has 1 saturated carbocycles. The smallest absolute Gasteiger partial charge is 0.326 e. The first-order valence-electron chi connectivity index (χ1n) is 4.62. The molecule has 78 valence electrons. The van der Waals surface area contributed by atoms with E-state index in [1.165, 1.54) is 0 Å². The summed E-state index contributed by atoms with van der Waals surface area (Å²) in [7, 11) is 1.61. The second-order valence-corrected chi connectivity index (χ2v) is 4.14. The molecule has 14 heavy (non-hydrogen) atoms. The van der Waals surface area contributed by atoms with E-state index in [1.54, 1.807) is 7.11 Å². The minimum atomic E-state index is -0.939. The zero-order valence-electron chi connectivity index (χ0n) is 7.95. The highest BCUT2D eigenvalue weighted by molar-refractivity contribution is 5.89. The van der Waals surface area contributed by atoms with E-state index in [4.69, 9.17) is 9.84 Å². The third-order valence-corrected chi connectivity index (χ3v) is 3.28. The Morgan fingerprint density at radius 3 is 2.79 bits per heavy atom. The molecule has 2 rings (SSSR count). The zero-order valence-corrected chi connectivity index (χ0v) is 7.95. The van der Waals surface area contributed by atoms with Gasteiger partial charge in [-0.2, -0.15) is 0 Å². The molecule has 1 saturated heterocycles. The second-order valence-electron chi connectivity index (χ2n) is 4.14. The summed E-state index contributed by atoms with van der Waals surface area (Å²) in [5.74, 6) is -1.10. The molecule has 0 aromatic carbocycles. The van der Waals surface area contributed by atoms with E-state index in [9.17, 15) is 9.59 Å². The van der Waals surface area contributed by atoms with Crippen LogP contribution in [0, 0.1) is 5.41 Å². The number of rotatable bonds is 2. The lowest BCUT2D eigenvalue weighted by atomic mass is 9.62. The van der Waals surface area contributed by atoms with Crippen LogP contribution in [0.1, 0.15) is 19.3 Å². The summed E-state index contributed by atoms with van der Waals surface area (Å²) in [5.41, 5.74) is -0.385. The van der Waals surface area contributed by atoms with E-state index in [2.05, 4.69) is 5.32 Å². The Balaban J connectivity index is 2.11. The number of carboxylic acid groups (broad SMARTS) is 1. The average Bonchev–Trinajstić information content (AvgIpc) is 2.40. The number of nitrogens with one attached hydrogen (secondary N) is 1. The normalized spacial score (nSPS) is 40.8. The van der Waals surface area contributed by atoms with Gasteiger partial charge in [-0.15, -0.1) is 0 Å². The Bertz CT molecular complexity index is 283. The van der Waals surface area contributed by atoms with Gasteiger partial charge in [0.05, 0.1) is 6.10 Å². The van der Waals surface area contributed by atoms with Crippen molar-refractivity contribution in [3.05, 3.63) is 0 Å². The Morgan fingerprint density at radius 1 is 1.64 bits per heavy atom. The van der Waals surface area contributed by atoms with E-state index in [1.807, 2.05) is 0 Å². The first kappa shape index (κ1) is 9.45. The highest BCUT2D eigenvalue weighted by atomic mass is 16.5. The lowest BCUT2D eigenvalue weighted by Gasteiger charge is -2.45. The number of carbonyl (C=O) groups excluding carboxylic acids is 1. The van der Waals surface area contributed by atoms with Gasteiger partial charge in [0.1, 0.15) is 6.04 Å². The molecule has 0 bridgehead atoms. The van der Waals surface area contributed by atoms with Gasteiger partial charge in [-0.25, -0.2) is 4.79 Å². The summed E-state index contributed by atoms with van der Waals surface area (Å²) in [6.07, 6.45) is 1.77. The van der Waals surface area contributed by atoms with Gasteiger partial charge in [-0.3, -0.25) is 4.79 Å². The van der Waals surface area contributed by atoms with E-state index < -0.39 is 12.0 Å². The minimum absolute atomic E-state index is 0.115. The van der Waals surface area contributed by atoms with E-state index in [-0.39, 0.29) is 17.4 Å². The number of carboxylic acids is 1. The Hall–Kier alpha value is -1.10. The van der Waals surface area contributed by atoms with Crippen molar-refractivity contribution >= 4 is 11.9 Å². The monoisotopic (exact) mass is 199 g/mol. The predicted molar refractivity (Wildman–Crippen MR) is 46.6 cm³/mol. The molecular formula is C9H13NO4. The third kappa shape index (κ3) is 1.19. The molecular weight excluding hydrogens is 186 g/mol. The van der Waals surface area contributed by atoms with E-state index in [0.717, 1.165) is 0 Å². The summed E-state index contributed by atoms with van der Waals surface area (Å²) >= 11 is 0. The molecule has 1 spiro atoms. The number of aliphatic carboxylic acids is 1. The lowest BCUT2D eigenvalue weighted by molar-refractivity contribution is -0.148. The number of hydrogen-bond donors (Lipinski definition) is 2. The van der Waals surface area contributed by atoms with Crippen LogP contribution in [-0.4, -0.2) is 36.2 Å². The van der Waals surface area contributed by atoms with Crippen LogP contribution in [0.25, 0.3) is 0 Å². The van der Waals surface area contributed by atoms with E-state index >= 15 is 0 Å². The molecule has 1 atom stereocenters. The molecule has 0 aromatic rings. The van der Waals surface area contributed by atoms with Gasteiger partial charge >= 0.3 is 5.97 Å². The molecule has 0 aromatic heterocycles. The topological polar surface area (TPSA) is 75.6 Å². The molecule has 2 aliphatic rings. The van der Waals surface area contributed by atoms with Crippen LogP contribution in [-0.2, 0) is 14.3 Å². The van der Waals surface area contributed by atoms with Crippen molar-refractivity contribution in [2.75, 3.05) is 7.11 Å². The van der Waals surface area contributed by atoms with Crippen molar-refractivity contribution in [1.82, 2.24) is 5.32 Å². The summed E-state index contributed by atoms with van der Waals surface area (Å²) in [6.45, 7) is 0. The average molecular weight is 199 g/mol. The van der Waals surface area contributed by atoms with Gasteiger partial charge in [-0.1, -0.05) is 0 Å². The molecule has 2 fully saturated rings. The van der Waals surface area contributed by atoms with Gasteiger partial charge in [0.15, 0.2) is 0 Å². The lowest BCUT2D eigenvalue weighted by Crippen LogP contribution is -2.53. The summed E-state index contributed by atoms with van der Waals surface area (Å²) in [5, 5.41) is 11.4. The van der Waals surface area contributed by atoms with Crippen LogP contribution in [0.15, 0.2) is 0 Å². The maximum atomic E-state index is 11.1. The van der Waals surface area contributed by atoms with Gasteiger partial charge in [0, 0.05) is 18.9 Å². The van der Waals surface area contributed by atoms with Crippen LogP contribution in [0.3, 0.4) is 0 Å². The standard InChI is InChI=1S/C9H13NO4/c1-14-5-2-9(3-5)4-6(11)10-7(9)8(12)13/h5,7H,2-4H2,1H3,(H,10,11)(H,12,13). The molecule has 2 N–H and O–H groups in total. The van der Waals surface area contributed by atoms with Crippen LogP contribution in [0.5, 0.6) is 0 Å². The number of amides is 1. The molecule has 5 heteroatoms. The maximum absolute atomic E-state index is 11.1. The van der Waals surface area contributed by atoms with Crippen LogP contribution < -0.4 is 5.32 Å². The highest BCUT2D eigenvalue weighted by Gasteiger charge is 2.58. The highest BCUT2D eigenvalue weighted by Crippen LogP contribution is 2.50. The zero-order chi connectivity index (χ0) is 10.3. The molecule has 1 amide bonds. The molecule has 5 nitrogen and oxygen atoms in total. The number of ether oxygens (including phenoxy) is 1. The predicted octanol–water partition coefficient (Wildman–Crippen LogP) is -0.245. The van der Waals surface area contributed by atoms with Crippen molar-refractivity contribution in [3.8, 4) is 0 Å². The van der Waals surface area contributed by atoms with Gasteiger partial charge in [0.2, 0.25) is 5.91 Å². The van der Waals surface area contributed by atoms with Crippen LogP contribution in [0.2, 0.25) is 0 Å². The number of methoxy groups -OCH3 is 1. The fourth-order valence-corrected chi connectivity index (χ4v) is 2.50. The fourth-order valence-electron chi connectivity index (χ4n) is 2.50. The molecule has 1 heterocycles. The van der Waals surface area contributed by atoms with Gasteiger partial charge < -0.3 is 15.2 Å². The second kappa shape index (κ2) is 2.95. The Morgan fingerprint density at radius 2 is 2.29 bits per heavy atom. The first-order chi connectivity index (χ1) is 6.57. The summed E-state index contributed by atoms with van der Waals surface area (Å²) in [6, 6.07) is -0.721. The van der Waals surface area contributed by atoms with Crippen molar-refractivity contribution < 1.29 is 19.4 Å². The number of carbonyl (C=O) groups is 2. The molecule has 1 unspecified atom stereocenters. The van der Waals surface area contributed by atoms with Crippen LogP contribution >= 0.6 is 0 Å². The van der Waals surface area contributed by atoms with Gasteiger partial charge in [0.25, 0.3) is 0 Å². The SMILES string of the molecule is COC1CC2(CC(=O)NC2C(=O)O)C1. The molecule has 1 aliphatic heterocycles. The Labute approximate surface area is 81.4 Å². The molecule has 0 radical (unpaired) electrons. The summed E-state index contributed by atoms with van der Waals surface area (Å²) < 4.78 is 5.10. The van der Waals surface area contributed by atoms with Crippen molar-refractivity contribution in [3.63, 3.8) is 0 Å². The van der Waals surface area contributed by atoms with Crippen molar-refractivity contribution in [2.45, 2.75) is 31.4 Å². The van der Waals surface area contributed by atoms with Crippen molar-refractivity contribution in [2.24, 2.45) is 5.41 Å².